The molecule has 1 fully saturated rings. The van der Waals surface area contributed by atoms with Crippen LogP contribution in [0.15, 0.2) is 24.3 Å². The zero-order chi connectivity index (χ0) is 15.4. The number of aryl methyl sites for hydroxylation is 1. The van der Waals surface area contributed by atoms with E-state index in [4.69, 9.17) is 5.11 Å². The third-order valence-corrected chi connectivity index (χ3v) is 3.78. The largest absolute Gasteiger partial charge is 0.480 e. The van der Waals surface area contributed by atoms with E-state index in [1.807, 2.05) is 38.1 Å². The molecular weight excluding hydrogens is 268 g/mol. The molecule has 2 amide bonds. The van der Waals surface area contributed by atoms with Crippen LogP contribution in [0, 0.1) is 12.8 Å². The predicted molar refractivity (Wildman–Crippen MR) is 80.1 cm³/mol. The van der Waals surface area contributed by atoms with E-state index in [1.165, 1.54) is 4.90 Å². The summed E-state index contributed by atoms with van der Waals surface area (Å²) >= 11 is 0. The van der Waals surface area contributed by atoms with E-state index in [0.717, 1.165) is 24.0 Å². The van der Waals surface area contributed by atoms with Gasteiger partial charge in [0, 0.05) is 6.54 Å². The second-order valence-corrected chi connectivity index (χ2v) is 5.75. The van der Waals surface area contributed by atoms with Gasteiger partial charge in [0.2, 0.25) is 0 Å². The van der Waals surface area contributed by atoms with Gasteiger partial charge >= 0.3 is 12.0 Å². The molecular formula is C16H22N2O3. The Morgan fingerprint density at radius 3 is 2.62 bits per heavy atom. The Bertz CT molecular complexity index is 526. The molecule has 1 aromatic carbocycles. The van der Waals surface area contributed by atoms with Crippen LogP contribution in [0.4, 0.5) is 4.79 Å². The number of hydrogen-bond acceptors (Lipinski definition) is 2. The smallest absolute Gasteiger partial charge is 0.323 e. The van der Waals surface area contributed by atoms with Gasteiger partial charge in [-0.2, -0.15) is 0 Å². The van der Waals surface area contributed by atoms with Gasteiger partial charge < -0.3 is 15.3 Å². The minimum atomic E-state index is -0.977. The fraction of sp³-hybridized carbons (Fsp3) is 0.500. The summed E-state index contributed by atoms with van der Waals surface area (Å²) in [6.07, 6.45) is 2.16. The lowest BCUT2D eigenvalue weighted by Gasteiger charge is -2.24. The second kappa shape index (κ2) is 6.61. The molecule has 1 atom stereocenters. The summed E-state index contributed by atoms with van der Waals surface area (Å²) in [7, 11) is 0. The van der Waals surface area contributed by atoms with Gasteiger partial charge in [-0.05, 0) is 43.7 Å². The Balaban J connectivity index is 1.99. The molecule has 21 heavy (non-hydrogen) atoms. The standard InChI is InChI=1S/C16H22N2O3/c1-11-5-3-4-6-14(11)12(2)17-16(21)18(10-15(19)20)9-13-7-8-13/h3-6,12-13H,7-10H2,1-2H3,(H,17,21)(H,19,20). The van der Waals surface area contributed by atoms with Gasteiger partial charge in [0.1, 0.15) is 6.54 Å². The van der Waals surface area contributed by atoms with E-state index in [0.29, 0.717) is 12.5 Å². The average Bonchev–Trinajstić information content (AvgIpc) is 3.21. The van der Waals surface area contributed by atoms with Gasteiger partial charge in [-0.15, -0.1) is 0 Å². The van der Waals surface area contributed by atoms with Crippen LogP contribution in [0.2, 0.25) is 0 Å². The first-order chi connectivity index (χ1) is 9.97. The lowest BCUT2D eigenvalue weighted by molar-refractivity contribution is -0.137. The van der Waals surface area contributed by atoms with Crippen LogP contribution < -0.4 is 5.32 Å². The van der Waals surface area contributed by atoms with Gasteiger partial charge in [0.25, 0.3) is 0 Å². The molecule has 5 heteroatoms. The van der Waals surface area contributed by atoms with E-state index in [9.17, 15) is 9.59 Å². The first kappa shape index (κ1) is 15.4. The van der Waals surface area contributed by atoms with Crippen molar-refractivity contribution in [3.05, 3.63) is 35.4 Å². The van der Waals surface area contributed by atoms with Crippen molar-refractivity contribution in [3.8, 4) is 0 Å². The maximum absolute atomic E-state index is 12.3. The van der Waals surface area contributed by atoms with Crippen molar-refractivity contribution in [2.45, 2.75) is 32.7 Å². The van der Waals surface area contributed by atoms with E-state index in [-0.39, 0.29) is 18.6 Å². The highest BCUT2D eigenvalue weighted by atomic mass is 16.4. The highest BCUT2D eigenvalue weighted by Gasteiger charge is 2.28. The summed E-state index contributed by atoms with van der Waals surface area (Å²) in [6, 6.07) is 7.41. The third kappa shape index (κ3) is 4.48. The molecule has 114 valence electrons. The number of carbonyl (C=O) groups excluding carboxylic acids is 1. The zero-order valence-corrected chi connectivity index (χ0v) is 12.5. The van der Waals surface area contributed by atoms with Gasteiger partial charge in [-0.3, -0.25) is 4.79 Å². The van der Waals surface area contributed by atoms with Crippen LogP contribution in [0.3, 0.4) is 0 Å². The van der Waals surface area contributed by atoms with Crippen LogP contribution in [0.1, 0.15) is 36.9 Å². The number of amides is 2. The van der Waals surface area contributed by atoms with Crippen molar-refractivity contribution in [1.29, 1.82) is 0 Å². The van der Waals surface area contributed by atoms with Crippen molar-refractivity contribution in [3.63, 3.8) is 0 Å². The molecule has 0 saturated heterocycles. The van der Waals surface area contributed by atoms with Crippen molar-refractivity contribution >= 4 is 12.0 Å². The first-order valence-corrected chi connectivity index (χ1v) is 7.30. The number of nitrogens with zero attached hydrogens (tertiary/aromatic N) is 1. The Morgan fingerprint density at radius 2 is 2.05 bits per heavy atom. The molecule has 0 heterocycles. The average molecular weight is 290 g/mol. The molecule has 0 radical (unpaired) electrons. The molecule has 1 aliphatic carbocycles. The SMILES string of the molecule is Cc1ccccc1C(C)NC(=O)N(CC(=O)O)CC1CC1. The van der Waals surface area contributed by atoms with Gasteiger partial charge in [-0.1, -0.05) is 24.3 Å². The van der Waals surface area contributed by atoms with Crippen molar-refractivity contribution < 1.29 is 14.7 Å². The highest BCUT2D eigenvalue weighted by molar-refractivity contribution is 5.80. The van der Waals surface area contributed by atoms with Gasteiger partial charge in [-0.25, -0.2) is 4.79 Å². The fourth-order valence-corrected chi connectivity index (χ4v) is 2.42. The normalized spacial score (nSPS) is 15.3. The summed E-state index contributed by atoms with van der Waals surface area (Å²) in [4.78, 5) is 24.6. The van der Waals surface area contributed by atoms with Crippen LogP contribution in [0.25, 0.3) is 0 Å². The molecule has 2 N–H and O–H groups in total. The van der Waals surface area contributed by atoms with Crippen LogP contribution in [0.5, 0.6) is 0 Å². The van der Waals surface area contributed by atoms with Crippen molar-refractivity contribution in [2.75, 3.05) is 13.1 Å². The van der Waals surface area contributed by atoms with Crippen molar-refractivity contribution in [2.24, 2.45) is 5.92 Å². The summed E-state index contributed by atoms with van der Waals surface area (Å²) < 4.78 is 0. The summed E-state index contributed by atoms with van der Waals surface area (Å²) in [5.41, 5.74) is 2.16. The summed E-state index contributed by atoms with van der Waals surface area (Å²) in [5, 5.41) is 11.8. The van der Waals surface area contributed by atoms with Gasteiger partial charge in [0.05, 0.1) is 6.04 Å². The monoisotopic (exact) mass is 290 g/mol. The predicted octanol–water partition coefficient (Wildman–Crippen LogP) is 2.56. The van der Waals surface area contributed by atoms with Crippen molar-refractivity contribution in [1.82, 2.24) is 10.2 Å². The minimum absolute atomic E-state index is 0.144. The Hall–Kier alpha value is -2.04. The number of benzene rings is 1. The molecule has 2 rings (SSSR count). The number of rotatable bonds is 6. The number of nitrogens with one attached hydrogen (secondary N) is 1. The topological polar surface area (TPSA) is 69.6 Å². The zero-order valence-electron chi connectivity index (χ0n) is 12.5. The number of urea groups is 1. The van der Waals surface area contributed by atoms with Crippen LogP contribution in [-0.2, 0) is 4.79 Å². The summed E-state index contributed by atoms with van der Waals surface area (Å²) in [6.45, 7) is 4.19. The molecule has 1 aliphatic rings. The van der Waals surface area contributed by atoms with Crippen LogP contribution in [-0.4, -0.2) is 35.1 Å². The second-order valence-electron chi connectivity index (χ2n) is 5.75. The molecule has 0 spiro atoms. The lowest BCUT2D eigenvalue weighted by Crippen LogP contribution is -2.44. The van der Waals surface area contributed by atoms with E-state index in [1.54, 1.807) is 0 Å². The maximum atomic E-state index is 12.3. The molecule has 0 bridgehead atoms. The Kier molecular flexibility index (Phi) is 4.83. The number of carboxylic acids is 1. The fourth-order valence-electron chi connectivity index (χ4n) is 2.42. The maximum Gasteiger partial charge on any atom is 0.323 e. The molecule has 1 saturated carbocycles. The van der Waals surface area contributed by atoms with Crippen LogP contribution >= 0.6 is 0 Å². The third-order valence-electron chi connectivity index (χ3n) is 3.78. The Labute approximate surface area is 125 Å². The summed E-state index contributed by atoms with van der Waals surface area (Å²) in [5.74, 6) is -0.516. The minimum Gasteiger partial charge on any atom is -0.480 e. The number of aliphatic carboxylic acids is 1. The molecule has 5 nitrogen and oxygen atoms in total. The highest BCUT2D eigenvalue weighted by Crippen LogP contribution is 2.29. The quantitative estimate of drug-likeness (QED) is 0.846. The number of hydrogen-bond donors (Lipinski definition) is 2. The Morgan fingerprint density at radius 1 is 1.38 bits per heavy atom. The number of carboxylic acid groups (broad SMARTS) is 1. The van der Waals surface area contributed by atoms with E-state index in [2.05, 4.69) is 5.32 Å². The van der Waals surface area contributed by atoms with Gasteiger partial charge in [0.15, 0.2) is 0 Å². The lowest BCUT2D eigenvalue weighted by atomic mass is 10.0. The molecule has 1 aromatic rings. The molecule has 0 aromatic heterocycles. The molecule has 1 unspecified atom stereocenters. The number of carbonyl (C=O) groups is 2. The van der Waals surface area contributed by atoms with E-state index >= 15 is 0 Å². The van der Waals surface area contributed by atoms with E-state index < -0.39 is 5.97 Å². The first-order valence-electron chi connectivity index (χ1n) is 7.30. The molecule has 0 aliphatic heterocycles.